The molecule has 4 rings (SSSR count). The Bertz CT molecular complexity index is 1500. The Morgan fingerprint density at radius 3 is 2.29 bits per heavy atom. The molecule has 0 heterocycles. The predicted octanol–water partition coefficient (Wildman–Crippen LogP) is 6.61. The summed E-state index contributed by atoms with van der Waals surface area (Å²) < 4.78 is 27.7. The van der Waals surface area contributed by atoms with Crippen molar-refractivity contribution in [2.45, 2.75) is 57.2 Å². The average molecular weight is 696 g/mol. The van der Waals surface area contributed by atoms with E-state index >= 15 is 0 Å². The lowest BCUT2D eigenvalue weighted by molar-refractivity contribution is -0.140. The number of hydrogen-bond acceptors (Lipinski definition) is 4. The molecule has 1 N–H and O–H groups in total. The number of hydrogen-bond donors (Lipinski definition) is 1. The third-order valence-electron chi connectivity index (χ3n) is 7.34. The van der Waals surface area contributed by atoms with E-state index in [0.29, 0.717) is 0 Å². The largest absolute Gasteiger partial charge is 0.352 e. The van der Waals surface area contributed by atoms with Gasteiger partial charge in [-0.25, -0.2) is 8.42 Å². The van der Waals surface area contributed by atoms with Crippen LogP contribution in [0.3, 0.4) is 0 Å². The standard InChI is InChI=1S/C31H34BrCl2N3O4S/c1-42(40,41)37(27-17-9-16-26(33)30(27)34)21-29(38)36(20-23-12-8-13-24(32)18-23)28(19-22-10-4-2-5-11-22)31(39)35-25-14-6-3-7-15-25/h2,4-5,8-13,16-18,25,28H,3,6-7,14-15,19-21H2,1H3,(H,35,39)/t28-/m1/s1. The summed E-state index contributed by atoms with van der Waals surface area (Å²) in [4.78, 5) is 29.7. The number of carbonyl (C=O) groups is 2. The van der Waals surface area contributed by atoms with Crippen LogP contribution in [0.15, 0.2) is 77.3 Å². The van der Waals surface area contributed by atoms with E-state index in [9.17, 15) is 18.0 Å². The molecule has 1 fully saturated rings. The number of amides is 2. The third-order valence-corrected chi connectivity index (χ3v) is 9.77. The first-order valence-electron chi connectivity index (χ1n) is 13.8. The van der Waals surface area contributed by atoms with Gasteiger partial charge in [0.15, 0.2) is 0 Å². The van der Waals surface area contributed by atoms with Crippen LogP contribution in [0.25, 0.3) is 0 Å². The van der Waals surface area contributed by atoms with Crippen LogP contribution in [0.2, 0.25) is 10.0 Å². The maximum absolute atomic E-state index is 14.2. The zero-order valence-corrected chi connectivity index (χ0v) is 27.2. The van der Waals surface area contributed by atoms with Gasteiger partial charge >= 0.3 is 0 Å². The number of sulfonamides is 1. The van der Waals surface area contributed by atoms with Crippen molar-refractivity contribution in [2.24, 2.45) is 0 Å². The molecule has 42 heavy (non-hydrogen) atoms. The monoisotopic (exact) mass is 693 g/mol. The lowest BCUT2D eigenvalue weighted by Crippen LogP contribution is -2.55. The minimum atomic E-state index is -3.96. The highest BCUT2D eigenvalue weighted by Gasteiger charge is 2.34. The number of benzene rings is 3. The summed E-state index contributed by atoms with van der Waals surface area (Å²) >= 11 is 16.1. The van der Waals surface area contributed by atoms with Crippen LogP contribution in [0.1, 0.15) is 43.2 Å². The van der Waals surface area contributed by atoms with Gasteiger partial charge in [-0.15, -0.1) is 0 Å². The fourth-order valence-corrected chi connectivity index (χ4v) is 6.96. The molecule has 224 valence electrons. The van der Waals surface area contributed by atoms with Gasteiger partial charge in [-0.05, 0) is 48.2 Å². The van der Waals surface area contributed by atoms with Gasteiger partial charge in [0.2, 0.25) is 21.8 Å². The molecule has 11 heteroatoms. The van der Waals surface area contributed by atoms with Crippen LogP contribution in [0, 0.1) is 0 Å². The zero-order chi connectivity index (χ0) is 30.3. The minimum Gasteiger partial charge on any atom is -0.352 e. The van der Waals surface area contributed by atoms with Gasteiger partial charge in [-0.2, -0.15) is 0 Å². The van der Waals surface area contributed by atoms with Crippen molar-refractivity contribution < 1.29 is 18.0 Å². The van der Waals surface area contributed by atoms with Crippen LogP contribution < -0.4 is 9.62 Å². The second-order valence-electron chi connectivity index (χ2n) is 10.5. The second-order valence-corrected chi connectivity index (χ2v) is 14.2. The summed E-state index contributed by atoms with van der Waals surface area (Å²) in [6, 6.07) is 20.7. The molecule has 0 spiro atoms. The van der Waals surface area contributed by atoms with E-state index < -0.39 is 28.5 Å². The van der Waals surface area contributed by atoms with Crippen LogP contribution >= 0.6 is 39.1 Å². The molecule has 1 aliphatic rings. The fourth-order valence-electron chi connectivity index (χ4n) is 5.21. The second kappa shape index (κ2) is 14.7. The topological polar surface area (TPSA) is 86.8 Å². The molecule has 3 aromatic rings. The summed E-state index contributed by atoms with van der Waals surface area (Å²) in [5.41, 5.74) is 1.76. The normalized spacial score (nSPS) is 14.7. The highest BCUT2D eigenvalue weighted by molar-refractivity contribution is 9.10. The van der Waals surface area contributed by atoms with E-state index in [-0.39, 0.29) is 40.6 Å². The maximum Gasteiger partial charge on any atom is 0.244 e. The van der Waals surface area contributed by atoms with Crippen molar-refractivity contribution in [3.05, 3.63) is 98.4 Å². The molecular formula is C31H34BrCl2N3O4S. The smallest absolute Gasteiger partial charge is 0.244 e. The first-order chi connectivity index (χ1) is 20.0. The van der Waals surface area contributed by atoms with Crippen molar-refractivity contribution in [3.8, 4) is 0 Å². The minimum absolute atomic E-state index is 0.0202. The molecule has 0 bridgehead atoms. The Morgan fingerprint density at radius 2 is 1.62 bits per heavy atom. The van der Waals surface area contributed by atoms with E-state index in [1.54, 1.807) is 12.1 Å². The molecule has 0 saturated heterocycles. The van der Waals surface area contributed by atoms with Crippen molar-refractivity contribution in [2.75, 3.05) is 17.1 Å². The molecule has 3 aromatic carbocycles. The van der Waals surface area contributed by atoms with Gasteiger partial charge in [0.1, 0.15) is 12.6 Å². The highest BCUT2D eigenvalue weighted by Crippen LogP contribution is 2.34. The fraction of sp³-hybridized carbons (Fsp3) is 0.355. The number of carbonyl (C=O) groups excluding carboxylic acids is 2. The highest BCUT2D eigenvalue weighted by atomic mass is 79.9. The third kappa shape index (κ3) is 8.72. The van der Waals surface area contributed by atoms with Gasteiger partial charge < -0.3 is 10.2 Å². The summed E-state index contributed by atoms with van der Waals surface area (Å²) in [5, 5.41) is 3.37. The van der Waals surface area contributed by atoms with E-state index in [2.05, 4.69) is 21.2 Å². The number of rotatable bonds is 11. The maximum atomic E-state index is 14.2. The van der Waals surface area contributed by atoms with E-state index in [1.807, 2.05) is 54.6 Å². The summed E-state index contributed by atoms with van der Waals surface area (Å²) in [6.07, 6.45) is 6.26. The van der Waals surface area contributed by atoms with Gasteiger partial charge in [0, 0.05) is 23.5 Å². The molecule has 1 saturated carbocycles. The lowest BCUT2D eigenvalue weighted by Gasteiger charge is -2.35. The molecule has 0 unspecified atom stereocenters. The van der Waals surface area contributed by atoms with Crippen LogP contribution in [-0.2, 0) is 32.6 Å². The first-order valence-corrected chi connectivity index (χ1v) is 17.2. The molecule has 0 radical (unpaired) electrons. The van der Waals surface area contributed by atoms with Gasteiger partial charge in [-0.3, -0.25) is 13.9 Å². The summed E-state index contributed by atoms with van der Waals surface area (Å²) in [6.45, 7) is -0.469. The Labute approximate surface area is 266 Å². The van der Waals surface area contributed by atoms with Gasteiger partial charge in [0.25, 0.3) is 0 Å². The number of nitrogens with one attached hydrogen (secondary N) is 1. The molecule has 2 amide bonds. The number of halogens is 3. The van der Waals surface area contributed by atoms with E-state index in [1.165, 1.54) is 11.0 Å². The van der Waals surface area contributed by atoms with Crippen LogP contribution in [0.4, 0.5) is 5.69 Å². The van der Waals surface area contributed by atoms with E-state index in [4.69, 9.17) is 23.2 Å². The Kier molecular flexibility index (Phi) is 11.3. The van der Waals surface area contributed by atoms with Gasteiger partial charge in [-0.1, -0.05) is 107 Å². The molecule has 7 nitrogen and oxygen atoms in total. The SMILES string of the molecule is CS(=O)(=O)N(CC(=O)N(Cc1cccc(Br)c1)[C@H](Cc1ccccc1)C(=O)NC1CCCCC1)c1cccc(Cl)c1Cl. The van der Waals surface area contributed by atoms with Crippen molar-refractivity contribution in [1.29, 1.82) is 0 Å². The van der Waals surface area contributed by atoms with Crippen molar-refractivity contribution in [3.63, 3.8) is 0 Å². The van der Waals surface area contributed by atoms with Crippen LogP contribution in [-0.4, -0.2) is 50.0 Å². The molecule has 0 aromatic heterocycles. The Balaban J connectivity index is 1.74. The number of anilines is 1. The quantitative estimate of drug-likeness (QED) is 0.245. The molecular weight excluding hydrogens is 661 g/mol. The van der Waals surface area contributed by atoms with Gasteiger partial charge in [0.05, 0.1) is 22.0 Å². The lowest BCUT2D eigenvalue weighted by atomic mass is 9.94. The molecule has 0 aliphatic heterocycles. The number of nitrogens with zero attached hydrogens (tertiary/aromatic N) is 2. The van der Waals surface area contributed by atoms with E-state index in [0.717, 1.165) is 58.3 Å². The van der Waals surface area contributed by atoms with Crippen molar-refractivity contribution >= 4 is 66.7 Å². The molecule has 1 aliphatic carbocycles. The predicted molar refractivity (Wildman–Crippen MR) is 172 cm³/mol. The summed E-state index contributed by atoms with van der Waals surface area (Å²) in [7, 11) is -3.96. The zero-order valence-electron chi connectivity index (χ0n) is 23.3. The molecule has 1 atom stereocenters. The summed E-state index contributed by atoms with van der Waals surface area (Å²) in [5.74, 6) is -0.808. The Hall–Kier alpha value is -2.59. The average Bonchev–Trinajstić information content (AvgIpc) is 2.95. The van der Waals surface area contributed by atoms with Crippen LogP contribution in [0.5, 0.6) is 0 Å². The van der Waals surface area contributed by atoms with Crippen molar-refractivity contribution in [1.82, 2.24) is 10.2 Å². The first kappa shape index (κ1) is 32.3. The Morgan fingerprint density at radius 1 is 0.952 bits per heavy atom.